The zero-order chi connectivity index (χ0) is 15.2. The van der Waals surface area contributed by atoms with Gasteiger partial charge in [0.1, 0.15) is 12.4 Å². The molecule has 21 heavy (non-hydrogen) atoms. The molecule has 1 aromatic carbocycles. The predicted octanol–water partition coefficient (Wildman–Crippen LogP) is 3.43. The second-order valence-corrected chi connectivity index (χ2v) is 4.66. The van der Waals surface area contributed by atoms with Crippen LogP contribution in [0.5, 0.6) is 11.5 Å². The highest BCUT2D eigenvalue weighted by atomic mass is 16.6. The first kappa shape index (κ1) is 15.0. The minimum absolute atomic E-state index is 0.169. The summed E-state index contributed by atoms with van der Waals surface area (Å²) in [6.07, 6.45) is -0.184. The van der Waals surface area contributed by atoms with Crippen molar-refractivity contribution in [2.75, 3.05) is 7.11 Å². The molecule has 0 spiro atoms. The van der Waals surface area contributed by atoms with Gasteiger partial charge in [-0.3, -0.25) is 0 Å². The van der Waals surface area contributed by atoms with Crippen molar-refractivity contribution in [1.82, 2.24) is 0 Å². The Morgan fingerprint density at radius 1 is 1.14 bits per heavy atom. The summed E-state index contributed by atoms with van der Waals surface area (Å²) in [5.41, 5.74) is 0. The highest BCUT2D eigenvalue weighted by molar-refractivity contribution is 5.86. The van der Waals surface area contributed by atoms with Gasteiger partial charge < -0.3 is 18.6 Å². The molecule has 0 aliphatic heterocycles. The van der Waals surface area contributed by atoms with Crippen molar-refractivity contribution in [3.05, 3.63) is 47.9 Å². The van der Waals surface area contributed by atoms with E-state index in [0.29, 0.717) is 17.3 Å². The van der Waals surface area contributed by atoms with Gasteiger partial charge >= 0.3 is 5.97 Å². The molecule has 0 radical (unpaired) electrons. The summed E-state index contributed by atoms with van der Waals surface area (Å²) in [5.74, 6) is 1.48. The van der Waals surface area contributed by atoms with Gasteiger partial charge in [-0.15, -0.1) is 0 Å². The molecule has 1 aromatic heterocycles. The number of furan rings is 1. The monoisotopic (exact) mass is 290 g/mol. The molecule has 112 valence electrons. The van der Waals surface area contributed by atoms with Crippen LogP contribution in [-0.2, 0) is 11.3 Å². The largest absolute Gasteiger partial charge is 0.493 e. The molecule has 2 aromatic rings. The molecule has 5 heteroatoms. The molecule has 2 rings (SSSR count). The molecule has 0 saturated carbocycles. The van der Waals surface area contributed by atoms with Crippen LogP contribution in [-0.4, -0.2) is 19.2 Å². The summed E-state index contributed by atoms with van der Waals surface area (Å²) in [7, 11) is 1.58. The molecule has 0 aliphatic carbocycles. The quantitative estimate of drug-likeness (QED) is 0.763. The van der Waals surface area contributed by atoms with Crippen LogP contribution < -0.4 is 9.47 Å². The van der Waals surface area contributed by atoms with Crippen molar-refractivity contribution in [3.63, 3.8) is 0 Å². The summed E-state index contributed by atoms with van der Waals surface area (Å²) < 4.78 is 21.3. The zero-order valence-corrected chi connectivity index (χ0v) is 12.3. The van der Waals surface area contributed by atoms with Crippen LogP contribution in [0.2, 0.25) is 0 Å². The Hall–Kier alpha value is -2.43. The first-order valence-corrected chi connectivity index (χ1v) is 6.65. The molecule has 0 amide bonds. The fraction of sp³-hybridized carbons (Fsp3) is 0.312. The summed E-state index contributed by atoms with van der Waals surface area (Å²) in [6.45, 7) is 3.77. The standard InChI is InChI=1S/C16H18O5/c1-11(2)20-16(17)15-9-8-12(21-15)10-19-14-7-5-4-6-13(14)18-3/h4-9,11H,10H2,1-3H3. The van der Waals surface area contributed by atoms with Crippen LogP contribution in [0.1, 0.15) is 30.2 Å². The highest BCUT2D eigenvalue weighted by Crippen LogP contribution is 2.26. The number of benzene rings is 1. The third kappa shape index (κ3) is 4.02. The number of methoxy groups -OCH3 is 1. The first-order chi connectivity index (χ1) is 10.1. The molecule has 0 saturated heterocycles. The third-order valence-corrected chi connectivity index (χ3v) is 2.64. The number of ether oxygens (including phenoxy) is 3. The van der Waals surface area contributed by atoms with Crippen molar-refractivity contribution in [3.8, 4) is 11.5 Å². The van der Waals surface area contributed by atoms with Crippen LogP contribution in [0.25, 0.3) is 0 Å². The highest BCUT2D eigenvalue weighted by Gasteiger charge is 2.14. The van der Waals surface area contributed by atoms with Gasteiger partial charge in [-0.05, 0) is 38.1 Å². The Balaban J connectivity index is 1.98. The number of hydrogen-bond donors (Lipinski definition) is 0. The maximum Gasteiger partial charge on any atom is 0.374 e. The zero-order valence-electron chi connectivity index (χ0n) is 12.3. The second-order valence-electron chi connectivity index (χ2n) is 4.66. The molecular formula is C16H18O5. The summed E-state index contributed by atoms with van der Waals surface area (Å²) >= 11 is 0. The van der Waals surface area contributed by atoms with Gasteiger partial charge in [0.05, 0.1) is 13.2 Å². The van der Waals surface area contributed by atoms with Gasteiger partial charge in [0.2, 0.25) is 5.76 Å². The molecule has 0 fully saturated rings. The van der Waals surface area contributed by atoms with Crippen molar-refractivity contribution in [2.24, 2.45) is 0 Å². The fourth-order valence-corrected chi connectivity index (χ4v) is 1.72. The molecule has 5 nitrogen and oxygen atoms in total. The minimum Gasteiger partial charge on any atom is -0.493 e. The smallest absolute Gasteiger partial charge is 0.374 e. The molecule has 0 bridgehead atoms. The van der Waals surface area contributed by atoms with Crippen LogP contribution >= 0.6 is 0 Å². The topological polar surface area (TPSA) is 57.9 Å². The van der Waals surface area contributed by atoms with Gasteiger partial charge in [0, 0.05) is 0 Å². The Labute approximate surface area is 123 Å². The van der Waals surface area contributed by atoms with E-state index in [2.05, 4.69) is 0 Å². The van der Waals surface area contributed by atoms with Gasteiger partial charge in [-0.25, -0.2) is 4.79 Å². The Bertz CT molecular complexity index is 600. The van der Waals surface area contributed by atoms with Gasteiger partial charge in [0.15, 0.2) is 11.5 Å². The minimum atomic E-state index is -0.478. The lowest BCUT2D eigenvalue weighted by Gasteiger charge is -2.09. The third-order valence-electron chi connectivity index (χ3n) is 2.64. The van der Waals surface area contributed by atoms with E-state index in [1.807, 2.05) is 18.2 Å². The van der Waals surface area contributed by atoms with Crippen LogP contribution in [0.4, 0.5) is 0 Å². The molecular weight excluding hydrogens is 272 g/mol. The predicted molar refractivity (Wildman–Crippen MR) is 76.6 cm³/mol. The second kappa shape index (κ2) is 6.83. The van der Waals surface area contributed by atoms with Gasteiger partial charge in [0.25, 0.3) is 0 Å². The number of rotatable bonds is 6. The molecule has 1 heterocycles. The number of hydrogen-bond acceptors (Lipinski definition) is 5. The summed E-state index contributed by atoms with van der Waals surface area (Å²) in [5, 5.41) is 0. The van der Waals surface area contributed by atoms with Crippen molar-refractivity contribution in [2.45, 2.75) is 26.6 Å². The van der Waals surface area contributed by atoms with E-state index in [1.54, 1.807) is 39.2 Å². The Morgan fingerprint density at radius 3 is 2.52 bits per heavy atom. The van der Waals surface area contributed by atoms with Crippen LogP contribution in [0, 0.1) is 0 Å². The summed E-state index contributed by atoms with van der Waals surface area (Å²) in [6, 6.07) is 10.6. The lowest BCUT2D eigenvalue weighted by Crippen LogP contribution is -2.10. The average Bonchev–Trinajstić information content (AvgIpc) is 2.93. The lowest BCUT2D eigenvalue weighted by atomic mass is 10.3. The number of carbonyl (C=O) groups excluding carboxylic acids is 1. The molecule has 0 unspecified atom stereocenters. The van der Waals surface area contributed by atoms with Crippen molar-refractivity contribution in [1.29, 1.82) is 0 Å². The molecule has 0 atom stereocenters. The number of para-hydroxylation sites is 2. The SMILES string of the molecule is COc1ccccc1OCc1ccc(C(=O)OC(C)C)o1. The molecule has 0 N–H and O–H groups in total. The van der Waals surface area contributed by atoms with E-state index >= 15 is 0 Å². The lowest BCUT2D eigenvalue weighted by molar-refractivity contribution is 0.0337. The average molecular weight is 290 g/mol. The van der Waals surface area contributed by atoms with Crippen molar-refractivity contribution < 1.29 is 23.4 Å². The normalized spacial score (nSPS) is 10.5. The van der Waals surface area contributed by atoms with Crippen LogP contribution in [0.15, 0.2) is 40.8 Å². The van der Waals surface area contributed by atoms with E-state index in [1.165, 1.54) is 0 Å². The van der Waals surface area contributed by atoms with E-state index in [9.17, 15) is 4.79 Å². The number of esters is 1. The van der Waals surface area contributed by atoms with E-state index in [0.717, 1.165) is 0 Å². The Morgan fingerprint density at radius 2 is 1.86 bits per heavy atom. The van der Waals surface area contributed by atoms with E-state index in [-0.39, 0.29) is 18.5 Å². The first-order valence-electron chi connectivity index (χ1n) is 6.65. The molecule has 0 aliphatic rings. The maximum absolute atomic E-state index is 11.7. The van der Waals surface area contributed by atoms with E-state index in [4.69, 9.17) is 18.6 Å². The van der Waals surface area contributed by atoms with Crippen molar-refractivity contribution >= 4 is 5.97 Å². The van der Waals surface area contributed by atoms with E-state index < -0.39 is 5.97 Å². The Kier molecular flexibility index (Phi) is 4.87. The number of carbonyl (C=O) groups is 1. The fourth-order valence-electron chi connectivity index (χ4n) is 1.72. The van der Waals surface area contributed by atoms with Gasteiger partial charge in [-0.2, -0.15) is 0 Å². The summed E-state index contributed by atoms with van der Waals surface area (Å²) in [4.78, 5) is 11.7. The maximum atomic E-state index is 11.7. The van der Waals surface area contributed by atoms with Crippen LogP contribution in [0.3, 0.4) is 0 Å². The van der Waals surface area contributed by atoms with Gasteiger partial charge in [-0.1, -0.05) is 12.1 Å².